The number of carboxylic acid groups (broad SMARTS) is 1. The molecule has 0 aromatic rings. The smallest absolute Gasteiger partial charge is 0.327 e. The molecule has 6 heteroatoms. The zero-order valence-corrected chi connectivity index (χ0v) is 11.7. The molecule has 1 atom stereocenters. The van der Waals surface area contributed by atoms with E-state index >= 15 is 0 Å². The van der Waals surface area contributed by atoms with Gasteiger partial charge in [-0.25, -0.2) is 4.79 Å². The monoisotopic (exact) mass is 272 g/mol. The van der Waals surface area contributed by atoms with Crippen LogP contribution in [0.1, 0.15) is 26.2 Å². The molecule has 2 aliphatic rings. The van der Waals surface area contributed by atoms with E-state index in [-0.39, 0.29) is 10.8 Å². The maximum absolute atomic E-state index is 12.1. The van der Waals surface area contributed by atoms with Crippen LogP contribution in [-0.2, 0) is 9.59 Å². The number of carbonyl (C=O) groups is 2. The van der Waals surface area contributed by atoms with Crippen molar-refractivity contribution in [3.8, 4) is 0 Å². The molecule has 0 saturated carbocycles. The first-order valence-corrected chi connectivity index (χ1v) is 7.36. The molecule has 1 unspecified atom stereocenters. The molecule has 1 amide bonds. The fraction of sp³-hybridized carbons (Fsp3) is 0.833. The molecule has 2 heterocycles. The number of hydrogen-bond donors (Lipinski definition) is 1. The zero-order valence-electron chi connectivity index (χ0n) is 10.9. The Morgan fingerprint density at radius 1 is 1.39 bits per heavy atom. The SMILES string of the molecule is CCC(=O)N1C(C(=O)O)CSC12CCN(C)CC2. The average Bonchev–Trinajstić information content (AvgIpc) is 2.72. The molecular formula is C12H20N2O3S. The number of piperidine rings is 1. The summed E-state index contributed by atoms with van der Waals surface area (Å²) in [7, 11) is 2.06. The second-order valence-electron chi connectivity index (χ2n) is 5.03. The number of rotatable bonds is 2. The number of thioether (sulfide) groups is 1. The van der Waals surface area contributed by atoms with Crippen molar-refractivity contribution in [2.75, 3.05) is 25.9 Å². The molecule has 1 N–H and O–H groups in total. The van der Waals surface area contributed by atoms with Gasteiger partial charge in [0.25, 0.3) is 0 Å². The van der Waals surface area contributed by atoms with Gasteiger partial charge in [-0.05, 0) is 19.9 Å². The van der Waals surface area contributed by atoms with Gasteiger partial charge in [-0.3, -0.25) is 4.79 Å². The lowest BCUT2D eigenvalue weighted by Crippen LogP contribution is -2.56. The Morgan fingerprint density at radius 3 is 2.50 bits per heavy atom. The van der Waals surface area contributed by atoms with E-state index in [0.29, 0.717) is 12.2 Å². The van der Waals surface area contributed by atoms with E-state index < -0.39 is 12.0 Å². The molecule has 2 fully saturated rings. The van der Waals surface area contributed by atoms with Gasteiger partial charge >= 0.3 is 5.97 Å². The Morgan fingerprint density at radius 2 is 2.00 bits per heavy atom. The Kier molecular flexibility index (Phi) is 3.87. The minimum absolute atomic E-state index is 0.0306. The van der Waals surface area contributed by atoms with E-state index in [0.717, 1.165) is 25.9 Å². The number of carbonyl (C=O) groups excluding carboxylic acids is 1. The van der Waals surface area contributed by atoms with Crippen molar-refractivity contribution < 1.29 is 14.7 Å². The highest BCUT2D eigenvalue weighted by Crippen LogP contribution is 2.46. The molecule has 2 aliphatic heterocycles. The maximum atomic E-state index is 12.1. The van der Waals surface area contributed by atoms with Gasteiger partial charge in [-0.15, -0.1) is 11.8 Å². The van der Waals surface area contributed by atoms with Gasteiger partial charge in [0, 0.05) is 25.3 Å². The van der Waals surface area contributed by atoms with Crippen molar-refractivity contribution >= 4 is 23.6 Å². The van der Waals surface area contributed by atoms with E-state index in [2.05, 4.69) is 11.9 Å². The van der Waals surface area contributed by atoms with Gasteiger partial charge < -0.3 is 14.9 Å². The molecule has 18 heavy (non-hydrogen) atoms. The van der Waals surface area contributed by atoms with Gasteiger partial charge in [0.15, 0.2) is 0 Å². The van der Waals surface area contributed by atoms with Crippen LogP contribution in [0.2, 0.25) is 0 Å². The van der Waals surface area contributed by atoms with Crippen LogP contribution in [0.25, 0.3) is 0 Å². The summed E-state index contributed by atoms with van der Waals surface area (Å²) >= 11 is 1.65. The van der Waals surface area contributed by atoms with Crippen LogP contribution < -0.4 is 0 Å². The number of nitrogens with zero attached hydrogens (tertiary/aromatic N) is 2. The molecule has 102 valence electrons. The van der Waals surface area contributed by atoms with E-state index in [9.17, 15) is 14.7 Å². The highest BCUT2D eigenvalue weighted by atomic mass is 32.2. The van der Waals surface area contributed by atoms with E-state index in [4.69, 9.17) is 0 Å². The lowest BCUT2D eigenvalue weighted by Gasteiger charge is -2.44. The second-order valence-corrected chi connectivity index (χ2v) is 6.41. The first-order chi connectivity index (χ1) is 8.50. The summed E-state index contributed by atoms with van der Waals surface area (Å²) in [6, 6.07) is -0.647. The second kappa shape index (κ2) is 5.09. The van der Waals surface area contributed by atoms with Crippen LogP contribution >= 0.6 is 11.8 Å². The predicted octanol–water partition coefficient (Wildman–Crippen LogP) is 0.847. The first-order valence-electron chi connectivity index (χ1n) is 6.37. The van der Waals surface area contributed by atoms with Crippen LogP contribution in [0.5, 0.6) is 0 Å². The molecule has 0 aliphatic carbocycles. The average molecular weight is 272 g/mol. The van der Waals surface area contributed by atoms with Crippen LogP contribution in [0.15, 0.2) is 0 Å². The summed E-state index contributed by atoms with van der Waals surface area (Å²) < 4.78 is 0. The van der Waals surface area contributed by atoms with E-state index in [1.165, 1.54) is 0 Å². The molecule has 0 aromatic carbocycles. The highest BCUT2D eigenvalue weighted by molar-refractivity contribution is 8.01. The highest BCUT2D eigenvalue weighted by Gasteiger charge is 2.52. The van der Waals surface area contributed by atoms with Crippen molar-refractivity contribution in [2.45, 2.75) is 37.1 Å². The van der Waals surface area contributed by atoms with Gasteiger partial charge in [0.2, 0.25) is 5.91 Å². The van der Waals surface area contributed by atoms with Crippen molar-refractivity contribution in [1.29, 1.82) is 0 Å². The van der Waals surface area contributed by atoms with Gasteiger partial charge in [-0.2, -0.15) is 0 Å². The number of carboxylic acids is 1. The zero-order chi connectivity index (χ0) is 13.3. The Bertz CT molecular complexity index is 353. The predicted molar refractivity (Wildman–Crippen MR) is 70.5 cm³/mol. The summed E-state index contributed by atoms with van der Waals surface area (Å²) in [5.41, 5.74) is 0. The summed E-state index contributed by atoms with van der Waals surface area (Å²) in [5.74, 6) is -0.387. The van der Waals surface area contributed by atoms with Gasteiger partial charge in [0.05, 0.1) is 4.87 Å². The third-order valence-electron chi connectivity index (χ3n) is 3.89. The topological polar surface area (TPSA) is 60.9 Å². The summed E-state index contributed by atoms with van der Waals surface area (Å²) in [5, 5.41) is 9.28. The van der Waals surface area contributed by atoms with E-state index in [1.54, 1.807) is 23.6 Å². The van der Waals surface area contributed by atoms with E-state index in [1.807, 2.05) is 0 Å². The largest absolute Gasteiger partial charge is 0.480 e. The maximum Gasteiger partial charge on any atom is 0.327 e. The molecule has 0 aromatic heterocycles. The first kappa shape index (κ1) is 13.7. The fourth-order valence-electron chi connectivity index (χ4n) is 2.77. The number of amides is 1. The Labute approximate surface area is 112 Å². The molecule has 2 saturated heterocycles. The normalized spacial score (nSPS) is 27.7. The molecule has 2 rings (SSSR count). The summed E-state index contributed by atoms with van der Waals surface area (Å²) in [6.45, 7) is 3.65. The van der Waals surface area contributed by atoms with Crippen LogP contribution in [0, 0.1) is 0 Å². The van der Waals surface area contributed by atoms with Crippen molar-refractivity contribution in [2.24, 2.45) is 0 Å². The lowest BCUT2D eigenvalue weighted by atomic mass is 10.0. The molecule has 5 nitrogen and oxygen atoms in total. The van der Waals surface area contributed by atoms with Crippen molar-refractivity contribution in [1.82, 2.24) is 9.80 Å². The standard InChI is InChI=1S/C12H20N2O3S/c1-3-10(15)14-9(11(16)17)8-18-12(14)4-6-13(2)7-5-12/h9H,3-8H2,1-2H3,(H,16,17). The quantitative estimate of drug-likeness (QED) is 0.807. The van der Waals surface area contributed by atoms with Crippen LogP contribution in [-0.4, -0.2) is 63.6 Å². The van der Waals surface area contributed by atoms with Gasteiger partial charge in [0.1, 0.15) is 6.04 Å². The molecule has 0 bridgehead atoms. The minimum atomic E-state index is -0.875. The third-order valence-corrected chi connectivity index (χ3v) is 5.51. The summed E-state index contributed by atoms with van der Waals surface area (Å²) in [4.78, 5) is 27.0. The Hall–Kier alpha value is -0.750. The number of hydrogen-bond acceptors (Lipinski definition) is 4. The molecule has 1 spiro atoms. The summed E-state index contributed by atoms with van der Waals surface area (Å²) in [6.07, 6.45) is 2.11. The molecule has 0 radical (unpaired) electrons. The minimum Gasteiger partial charge on any atom is -0.480 e. The van der Waals surface area contributed by atoms with Gasteiger partial charge in [-0.1, -0.05) is 6.92 Å². The molecular weight excluding hydrogens is 252 g/mol. The van der Waals surface area contributed by atoms with Crippen LogP contribution in [0.4, 0.5) is 0 Å². The number of aliphatic carboxylic acids is 1. The third kappa shape index (κ3) is 2.23. The number of likely N-dealkylation sites (tertiary alicyclic amines) is 1. The van der Waals surface area contributed by atoms with Crippen LogP contribution in [0.3, 0.4) is 0 Å². The van der Waals surface area contributed by atoms with Crippen molar-refractivity contribution in [3.63, 3.8) is 0 Å². The fourth-order valence-corrected chi connectivity index (χ4v) is 4.37. The van der Waals surface area contributed by atoms with Crippen molar-refractivity contribution in [3.05, 3.63) is 0 Å². The lowest BCUT2D eigenvalue weighted by molar-refractivity contribution is -0.152. The Balaban J connectivity index is 2.24.